The van der Waals surface area contributed by atoms with Crippen molar-refractivity contribution in [1.29, 1.82) is 0 Å². The molecule has 0 N–H and O–H groups in total. The fraction of sp³-hybridized carbons (Fsp3) is 0.944. The summed E-state index contributed by atoms with van der Waals surface area (Å²) in [5.74, 6) is 0. The Morgan fingerprint density at radius 3 is 2.00 bits per heavy atom. The monoisotopic (exact) mass is 387 g/mol. The average Bonchev–Trinajstić information content (AvgIpc) is 2.89. The van der Waals surface area contributed by atoms with Crippen LogP contribution in [0.5, 0.6) is 0 Å². The van der Waals surface area contributed by atoms with Crippen LogP contribution in [-0.4, -0.2) is 85.3 Å². The summed E-state index contributed by atoms with van der Waals surface area (Å²) < 4.78 is 32.0. The van der Waals surface area contributed by atoms with Crippen molar-refractivity contribution in [2.75, 3.05) is 32.4 Å². The Kier molecular flexibility index (Phi) is 6.14. The van der Waals surface area contributed by atoms with Crippen LogP contribution in [-0.2, 0) is 14.8 Å². The lowest BCUT2D eigenvalue weighted by atomic mass is 10.0. The number of rotatable bonds is 5. The number of ether oxygens (including phenoxy) is 1. The Morgan fingerprint density at radius 1 is 1.00 bits per heavy atom. The van der Waals surface area contributed by atoms with E-state index >= 15 is 0 Å². The maximum atomic E-state index is 12.4. The summed E-state index contributed by atoms with van der Waals surface area (Å²) in [5, 5.41) is 0. The molecule has 8 heteroatoms. The van der Waals surface area contributed by atoms with Crippen molar-refractivity contribution in [3.63, 3.8) is 0 Å². The summed E-state index contributed by atoms with van der Waals surface area (Å²) in [5.41, 5.74) is 0. The molecule has 3 aliphatic heterocycles. The fourth-order valence-electron chi connectivity index (χ4n) is 4.89. The van der Waals surface area contributed by atoms with Crippen molar-refractivity contribution < 1.29 is 17.9 Å². The minimum Gasteiger partial charge on any atom is -0.375 e. The molecule has 0 aromatic carbocycles. The van der Waals surface area contributed by atoms with Crippen LogP contribution in [0.2, 0.25) is 0 Å². The standard InChI is InChI=1S/C18H33N3O4S/c1-4-19(5-2)18(22)20-10-8-16(9-11-20)25-17-12-14-6-7-15(13-17)21(14)26(3,23)24/h14-17H,4-13H2,1-3H3/t14-,15+,17?. The van der Waals surface area contributed by atoms with Gasteiger partial charge in [0, 0.05) is 38.3 Å². The number of piperidine rings is 2. The molecule has 0 saturated carbocycles. The Balaban J connectivity index is 1.48. The van der Waals surface area contributed by atoms with Gasteiger partial charge in [-0.1, -0.05) is 0 Å². The SMILES string of the molecule is CCN(CC)C(=O)N1CCC(OC2C[C@H]3CC[C@@H](C2)N3S(C)(=O)=O)CC1. The molecular formula is C18H33N3O4S. The Bertz CT molecular complexity index is 586. The van der Waals surface area contributed by atoms with Crippen molar-refractivity contribution in [1.82, 2.24) is 14.1 Å². The van der Waals surface area contributed by atoms with E-state index in [4.69, 9.17) is 4.74 Å². The number of nitrogens with zero attached hydrogens (tertiary/aromatic N) is 3. The molecular weight excluding hydrogens is 354 g/mol. The van der Waals surface area contributed by atoms with Gasteiger partial charge in [0.1, 0.15) is 0 Å². The first-order valence-corrected chi connectivity index (χ1v) is 11.9. The van der Waals surface area contributed by atoms with Gasteiger partial charge in [-0.15, -0.1) is 0 Å². The number of fused-ring (bicyclic) bond motifs is 2. The normalized spacial score (nSPS) is 30.6. The number of carbonyl (C=O) groups excluding carboxylic acids is 1. The predicted octanol–water partition coefficient (Wildman–Crippen LogP) is 1.88. The summed E-state index contributed by atoms with van der Waals surface area (Å²) in [4.78, 5) is 16.2. The van der Waals surface area contributed by atoms with E-state index in [1.165, 1.54) is 6.26 Å². The molecule has 7 nitrogen and oxygen atoms in total. The van der Waals surface area contributed by atoms with Crippen molar-refractivity contribution in [2.24, 2.45) is 0 Å². The number of amides is 2. The molecule has 3 heterocycles. The van der Waals surface area contributed by atoms with Crippen LogP contribution >= 0.6 is 0 Å². The highest BCUT2D eigenvalue weighted by Crippen LogP contribution is 2.39. The minimum atomic E-state index is -3.12. The number of urea groups is 1. The largest absolute Gasteiger partial charge is 0.375 e. The smallest absolute Gasteiger partial charge is 0.319 e. The molecule has 3 aliphatic rings. The third kappa shape index (κ3) is 4.17. The maximum Gasteiger partial charge on any atom is 0.319 e. The second-order valence-electron chi connectivity index (χ2n) is 7.85. The Hall–Kier alpha value is -0.860. The molecule has 26 heavy (non-hydrogen) atoms. The van der Waals surface area contributed by atoms with Gasteiger partial charge in [-0.2, -0.15) is 4.31 Å². The van der Waals surface area contributed by atoms with Crippen LogP contribution in [0.25, 0.3) is 0 Å². The van der Waals surface area contributed by atoms with Gasteiger partial charge in [-0.25, -0.2) is 13.2 Å². The van der Waals surface area contributed by atoms with Gasteiger partial charge in [0.25, 0.3) is 0 Å². The summed E-state index contributed by atoms with van der Waals surface area (Å²) in [6, 6.07) is 0.351. The molecule has 0 aromatic heterocycles. The first kappa shape index (κ1) is 19.9. The van der Waals surface area contributed by atoms with Crippen LogP contribution in [0.1, 0.15) is 52.4 Å². The van der Waals surface area contributed by atoms with Gasteiger partial charge in [0.2, 0.25) is 10.0 Å². The molecule has 2 bridgehead atoms. The van der Waals surface area contributed by atoms with Crippen LogP contribution in [0.3, 0.4) is 0 Å². The van der Waals surface area contributed by atoms with E-state index in [0.29, 0.717) is 0 Å². The van der Waals surface area contributed by atoms with E-state index in [-0.39, 0.29) is 30.3 Å². The molecule has 0 aromatic rings. The van der Waals surface area contributed by atoms with Gasteiger partial charge in [0.15, 0.2) is 0 Å². The minimum absolute atomic E-state index is 0.109. The van der Waals surface area contributed by atoms with Gasteiger partial charge < -0.3 is 14.5 Å². The van der Waals surface area contributed by atoms with Gasteiger partial charge in [0.05, 0.1) is 18.5 Å². The van der Waals surface area contributed by atoms with Crippen molar-refractivity contribution >= 4 is 16.1 Å². The third-order valence-electron chi connectivity index (χ3n) is 6.14. The van der Waals surface area contributed by atoms with Crippen molar-refractivity contribution in [2.45, 2.75) is 76.7 Å². The summed E-state index contributed by atoms with van der Waals surface area (Å²) in [7, 11) is -3.12. The van der Waals surface area contributed by atoms with E-state index in [0.717, 1.165) is 64.7 Å². The first-order valence-electron chi connectivity index (χ1n) is 10.0. The molecule has 3 rings (SSSR count). The molecule has 0 spiro atoms. The van der Waals surface area contributed by atoms with Crippen LogP contribution in [0, 0.1) is 0 Å². The zero-order valence-electron chi connectivity index (χ0n) is 16.3. The predicted molar refractivity (Wildman–Crippen MR) is 101 cm³/mol. The van der Waals surface area contributed by atoms with Crippen molar-refractivity contribution in [3.05, 3.63) is 0 Å². The molecule has 0 radical (unpaired) electrons. The molecule has 150 valence electrons. The summed E-state index contributed by atoms with van der Waals surface area (Å²) in [6.07, 6.45) is 6.92. The summed E-state index contributed by atoms with van der Waals surface area (Å²) >= 11 is 0. The zero-order chi connectivity index (χ0) is 18.9. The second-order valence-corrected chi connectivity index (χ2v) is 9.74. The molecule has 0 aliphatic carbocycles. The van der Waals surface area contributed by atoms with E-state index in [1.807, 2.05) is 23.6 Å². The van der Waals surface area contributed by atoms with Gasteiger partial charge >= 0.3 is 6.03 Å². The lowest BCUT2D eigenvalue weighted by Gasteiger charge is -2.40. The highest BCUT2D eigenvalue weighted by molar-refractivity contribution is 7.88. The van der Waals surface area contributed by atoms with E-state index in [9.17, 15) is 13.2 Å². The number of likely N-dealkylation sites (tertiary alicyclic amines) is 1. The van der Waals surface area contributed by atoms with Crippen LogP contribution in [0.15, 0.2) is 0 Å². The van der Waals surface area contributed by atoms with Crippen molar-refractivity contribution in [3.8, 4) is 0 Å². The van der Waals surface area contributed by atoms with E-state index in [2.05, 4.69) is 0 Å². The highest BCUT2D eigenvalue weighted by atomic mass is 32.2. The summed E-state index contributed by atoms with van der Waals surface area (Å²) in [6.45, 7) is 6.99. The maximum absolute atomic E-state index is 12.4. The Morgan fingerprint density at radius 2 is 1.54 bits per heavy atom. The molecule has 2 amide bonds. The third-order valence-corrected chi connectivity index (χ3v) is 7.50. The lowest BCUT2D eigenvalue weighted by molar-refractivity contribution is -0.0661. The van der Waals surface area contributed by atoms with Crippen LogP contribution in [0.4, 0.5) is 4.79 Å². The lowest BCUT2D eigenvalue weighted by Crippen LogP contribution is -2.50. The van der Waals surface area contributed by atoms with E-state index < -0.39 is 10.0 Å². The zero-order valence-corrected chi connectivity index (χ0v) is 17.1. The topological polar surface area (TPSA) is 70.2 Å². The second kappa shape index (κ2) is 8.02. The molecule has 3 saturated heterocycles. The van der Waals surface area contributed by atoms with Gasteiger partial charge in [-0.3, -0.25) is 0 Å². The van der Waals surface area contributed by atoms with E-state index in [1.54, 1.807) is 4.31 Å². The quantitative estimate of drug-likeness (QED) is 0.722. The molecule has 3 atom stereocenters. The Labute approximate surface area is 157 Å². The highest BCUT2D eigenvalue weighted by Gasteiger charge is 2.46. The fourth-order valence-corrected chi connectivity index (χ4v) is 6.35. The number of sulfonamides is 1. The molecule has 1 unspecified atom stereocenters. The number of carbonyl (C=O) groups is 1. The molecule has 3 fully saturated rings. The average molecular weight is 388 g/mol. The number of hydrogen-bond donors (Lipinski definition) is 0. The first-order chi connectivity index (χ1) is 12.3. The van der Waals surface area contributed by atoms with Gasteiger partial charge in [-0.05, 0) is 52.4 Å². The number of hydrogen-bond acceptors (Lipinski definition) is 4. The van der Waals surface area contributed by atoms with Crippen LogP contribution < -0.4 is 0 Å².